The molecular weight excluding hydrogens is 562 g/mol. The van der Waals surface area contributed by atoms with Crippen molar-refractivity contribution in [3.05, 3.63) is 106 Å². The molecule has 3 aromatic carbocycles. The number of carboxylic acids is 1. The van der Waals surface area contributed by atoms with E-state index < -0.39 is 58.1 Å². The predicted molar refractivity (Wildman–Crippen MR) is 159 cm³/mol. The minimum absolute atomic E-state index is 0.00632. The zero-order chi connectivity index (χ0) is 31.0. The first-order valence-corrected chi connectivity index (χ1v) is 14.1. The number of hydrogen-bond acceptors (Lipinski definition) is 5. The summed E-state index contributed by atoms with van der Waals surface area (Å²) < 4.78 is 56.9. The molecule has 1 aliphatic carbocycles. The maximum absolute atomic E-state index is 14.6. The number of carbonyl (C=O) groups is 1. The van der Waals surface area contributed by atoms with Gasteiger partial charge in [0, 0.05) is 37.8 Å². The van der Waals surface area contributed by atoms with Crippen molar-refractivity contribution >= 4 is 23.6 Å². The Balaban J connectivity index is 0.000000237. The quantitative estimate of drug-likeness (QED) is 0.0783. The standard InChI is InChI=1S/C19H20F4N2O3.C14H15N/c1-19(8-20)4-5-25(9-19)16-13(21)6-11(14(22)15(16)23)17(26)12(18(27)28)7-24-10-2-3-10;1-3-7-13(8-4-1)11-15-12-14-9-5-2-6-10-14/h6-7,10,26H,2-5,8-9H2,1H3,(H,27,28);1-10,15H,11-12H2. The number of alkyl halides is 1. The second-order valence-corrected chi connectivity index (χ2v) is 11.1. The van der Waals surface area contributed by atoms with E-state index in [1.165, 1.54) is 16.0 Å². The highest BCUT2D eigenvalue weighted by molar-refractivity contribution is 6.14. The molecule has 2 aliphatic rings. The molecule has 228 valence electrons. The molecule has 6 nitrogen and oxygen atoms in total. The van der Waals surface area contributed by atoms with E-state index in [2.05, 4.69) is 58.8 Å². The Morgan fingerprint density at radius 1 is 1.00 bits per heavy atom. The number of aliphatic carboxylic acids is 1. The van der Waals surface area contributed by atoms with Crippen molar-refractivity contribution < 1.29 is 32.6 Å². The number of carboxylic acid groups (broad SMARTS) is 1. The van der Waals surface area contributed by atoms with Gasteiger partial charge in [-0.05, 0) is 36.5 Å². The van der Waals surface area contributed by atoms with E-state index in [1.54, 1.807) is 6.92 Å². The minimum atomic E-state index is -1.61. The Labute approximate surface area is 248 Å². The summed E-state index contributed by atoms with van der Waals surface area (Å²) in [6, 6.07) is 21.4. The van der Waals surface area contributed by atoms with Crippen molar-refractivity contribution in [2.45, 2.75) is 45.3 Å². The molecule has 1 atom stereocenters. The van der Waals surface area contributed by atoms with Crippen LogP contribution in [-0.2, 0) is 17.9 Å². The first-order valence-electron chi connectivity index (χ1n) is 14.1. The first-order chi connectivity index (χ1) is 20.6. The third-order valence-electron chi connectivity index (χ3n) is 7.38. The van der Waals surface area contributed by atoms with E-state index in [9.17, 15) is 32.6 Å². The van der Waals surface area contributed by atoms with Crippen molar-refractivity contribution in [3.8, 4) is 0 Å². The van der Waals surface area contributed by atoms with E-state index >= 15 is 0 Å². The van der Waals surface area contributed by atoms with E-state index in [0.29, 0.717) is 12.5 Å². The van der Waals surface area contributed by atoms with E-state index in [4.69, 9.17) is 0 Å². The van der Waals surface area contributed by atoms with Crippen LogP contribution in [0.1, 0.15) is 42.9 Å². The second-order valence-electron chi connectivity index (χ2n) is 11.1. The van der Waals surface area contributed by atoms with Crippen LogP contribution in [0.25, 0.3) is 5.76 Å². The van der Waals surface area contributed by atoms with Crippen molar-refractivity contribution in [3.63, 3.8) is 0 Å². The molecule has 1 aliphatic heterocycles. The summed E-state index contributed by atoms with van der Waals surface area (Å²) in [6.07, 6.45) is 2.75. The molecule has 3 N–H and O–H groups in total. The van der Waals surface area contributed by atoms with Crippen molar-refractivity contribution in [2.24, 2.45) is 10.4 Å². The van der Waals surface area contributed by atoms with Gasteiger partial charge in [0.2, 0.25) is 0 Å². The number of benzene rings is 3. The molecule has 2 fully saturated rings. The van der Waals surface area contributed by atoms with Crippen LogP contribution >= 0.6 is 0 Å². The smallest absolute Gasteiger partial charge is 0.341 e. The number of nitrogens with one attached hydrogen (secondary N) is 1. The highest BCUT2D eigenvalue weighted by atomic mass is 19.2. The van der Waals surface area contributed by atoms with Crippen LogP contribution in [0.5, 0.6) is 0 Å². The van der Waals surface area contributed by atoms with Crippen LogP contribution in [0.15, 0.2) is 77.3 Å². The monoisotopic (exact) mass is 597 g/mol. The maximum Gasteiger partial charge on any atom is 0.341 e. The Morgan fingerprint density at radius 2 is 1.58 bits per heavy atom. The largest absolute Gasteiger partial charge is 0.506 e. The molecule has 1 heterocycles. The zero-order valence-electron chi connectivity index (χ0n) is 23.9. The molecule has 0 radical (unpaired) electrons. The van der Waals surface area contributed by atoms with Crippen LogP contribution in [0.4, 0.5) is 23.2 Å². The van der Waals surface area contributed by atoms with Gasteiger partial charge >= 0.3 is 5.97 Å². The fourth-order valence-electron chi connectivity index (χ4n) is 4.68. The number of rotatable bonds is 10. The Hall–Kier alpha value is -4.18. The number of aliphatic imine (C=N–C) groups is 1. The Bertz CT molecular complexity index is 1420. The molecule has 43 heavy (non-hydrogen) atoms. The van der Waals surface area contributed by atoms with Crippen LogP contribution in [-0.4, -0.2) is 48.2 Å². The third-order valence-corrected chi connectivity index (χ3v) is 7.38. The summed E-state index contributed by atoms with van der Waals surface area (Å²) in [7, 11) is 0. The van der Waals surface area contributed by atoms with E-state index in [1.807, 2.05) is 12.1 Å². The van der Waals surface area contributed by atoms with Gasteiger partial charge in [0.25, 0.3) is 0 Å². The normalized spacial score (nSPS) is 18.8. The summed E-state index contributed by atoms with van der Waals surface area (Å²) in [6.45, 7) is 2.95. The highest BCUT2D eigenvalue weighted by Gasteiger charge is 2.37. The molecule has 0 amide bonds. The van der Waals surface area contributed by atoms with Crippen LogP contribution in [0, 0.1) is 22.9 Å². The van der Waals surface area contributed by atoms with Gasteiger partial charge in [-0.3, -0.25) is 9.38 Å². The number of anilines is 1. The number of hydrogen-bond donors (Lipinski definition) is 3. The van der Waals surface area contributed by atoms with Gasteiger partial charge in [-0.25, -0.2) is 18.0 Å². The summed E-state index contributed by atoms with van der Waals surface area (Å²) in [4.78, 5) is 16.5. The second kappa shape index (κ2) is 14.3. The van der Waals surface area contributed by atoms with Gasteiger partial charge < -0.3 is 20.4 Å². The van der Waals surface area contributed by atoms with Crippen molar-refractivity contribution in [1.82, 2.24) is 5.32 Å². The lowest BCUT2D eigenvalue weighted by Crippen LogP contribution is -2.28. The third kappa shape index (κ3) is 8.44. The van der Waals surface area contributed by atoms with Gasteiger partial charge in [0.1, 0.15) is 22.8 Å². The van der Waals surface area contributed by atoms with Crippen LogP contribution in [0.2, 0.25) is 0 Å². The van der Waals surface area contributed by atoms with Crippen LogP contribution in [0.3, 0.4) is 0 Å². The average molecular weight is 598 g/mol. The van der Waals surface area contributed by atoms with Crippen molar-refractivity contribution in [1.29, 1.82) is 0 Å². The van der Waals surface area contributed by atoms with Gasteiger partial charge in [-0.15, -0.1) is 0 Å². The lowest BCUT2D eigenvalue weighted by molar-refractivity contribution is -0.132. The average Bonchev–Trinajstić information content (AvgIpc) is 3.76. The van der Waals surface area contributed by atoms with Crippen molar-refractivity contribution in [2.75, 3.05) is 24.7 Å². The lowest BCUT2D eigenvalue weighted by atomic mass is 9.92. The number of halogens is 4. The molecule has 0 aromatic heterocycles. The number of nitrogens with zero attached hydrogens (tertiary/aromatic N) is 2. The molecule has 3 aromatic rings. The topological polar surface area (TPSA) is 85.2 Å². The van der Waals surface area contributed by atoms with Gasteiger partial charge in [-0.2, -0.15) is 0 Å². The number of aliphatic hydroxyl groups excluding tert-OH is 1. The molecule has 0 bridgehead atoms. The van der Waals surface area contributed by atoms with Gasteiger partial charge in [-0.1, -0.05) is 67.6 Å². The Morgan fingerprint density at radius 3 is 2.07 bits per heavy atom. The predicted octanol–water partition coefficient (Wildman–Crippen LogP) is 6.85. The summed E-state index contributed by atoms with van der Waals surface area (Å²) in [5.41, 5.74) is -0.461. The summed E-state index contributed by atoms with van der Waals surface area (Å²) in [5, 5.41) is 22.8. The highest BCUT2D eigenvalue weighted by Crippen LogP contribution is 2.38. The molecule has 1 saturated heterocycles. The first kappa shape index (κ1) is 31.7. The lowest BCUT2D eigenvalue weighted by Gasteiger charge is -2.24. The molecule has 1 unspecified atom stereocenters. The molecule has 5 rings (SSSR count). The number of aliphatic hydroxyl groups is 1. The minimum Gasteiger partial charge on any atom is -0.506 e. The van der Waals surface area contributed by atoms with E-state index in [0.717, 1.165) is 32.1 Å². The molecule has 1 saturated carbocycles. The molecule has 0 spiro atoms. The SMILES string of the molecule is CC1(CF)CCN(c2c(F)cc(C(O)=C(C=NC3CC3)C(=O)O)c(F)c2F)C1.c1ccc(CNCc2ccccc2)cc1. The van der Waals surface area contributed by atoms with Gasteiger partial charge in [0.15, 0.2) is 11.6 Å². The van der Waals surface area contributed by atoms with Crippen LogP contribution < -0.4 is 10.2 Å². The summed E-state index contributed by atoms with van der Waals surface area (Å²) >= 11 is 0. The fourth-order valence-corrected chi connectivity index (χ4v) is 4.68. The Kier molecular flexibility index (Phi) is 10.6. The van der Waals surface area contributed by atoms with Gasteiger partial charge in [0.05, 0.1) is 18.3 Å². The van der Waals surface area contributed by atoms with E-state index in [-0.39, 0.29) is 19.1 Å². The zero-order valence-corrected chi connectivity index (χ0v) is 23.9. The maximum atomic E-state index is 14.6. The molecular formula is C33H35F4N3O3. The molecule has 10 heteroatoms. The fraction of sp³-hybridized carbons (Fsp3) is 0.333. The summed E-state index contributed by atoms with van der Waals surface area (Å²) in [5.74, 6) is -7.04.